The minimum Gasteiger partial charge on any atom is -0.486 e. The number of benzene rings is 2. The van der Waals surface area contributed by atoms with Crippen LogP contribution >= 0.6 is 0 Å². The molecule has 35 heavy (non-hydrogen) atoms. The van der Waals surface area contributed by atoms with E-state index in [-0.39, 0.29) is 23.2 Å². The SMILES string of the molecule is C/C=C1/C[N+]2(CC(=O)c3ccc4c(c3)OCCO4)CC[C@]34C(=C(C=O)[C@H]1CC32)Nc1ccccc14. The van der Waals surface area contributed by atoms with Crippen LogP contribution < -0.4 is 14.8 Å². The van der Waals surface area contributed by atoms with Crippen molar-refractivity contribution in [3.8, 4) is 11.5 Å². The Hall–Kier alpha value is -3.38. The van der Waals surface area contributed by atoms with E-state index in [1.54, 1.807) is 0 Å². The molecule has 2 unspecified atom stereocenters. The largest absolute Gasteiger partial charge is 0.486 e. The van der Waals surface area contributed by atoms with E-state index in [1.807, 2.05) is 24.3 Å². The van der Waals surface area contributed by atoms with Gasteiger partial charge in [-0.05, 0) is 42.3 Å². The van der Waals surface area contributed by atoms with Gasteiger partial charge in [-0.2, -0.15) is 0 Å². The number of quaternary nitrogens is 1. The highest BCUT2D eigenvalue weighted by molar-refractivity contribution is 5.97. The Kier molecular flexibility index (Phi) is 4.38. The highest BCUT2D eigenvalue weighted by atomic mass is 16.6. The number of nitrogens with one attached hydrogen (secondary N) is 1. The molecule has 2 aromatic rings. The van der Waals surface area contributed by atoms with Crippen molar-refractivity contribution in [2.45, 2.75) is 31.2 Å². The standard InChI is InChI=1S/C29H28N2O4/c1-2-18-15-31(16-24(33)19-7-8-25-26(13-19)35-12-11-34-25)10-9-29-22-5-3-4-6-23(22)30-28(29)21(17-32)20(18)14-27(29)31/h2-8,13,17,20,27H,9-12,14-16H2,1H3/p+1/b18-2-/t20-,27?,29+,31?/m0/s1. The first-order chi connectivity index (χ1) is 17.1. The molecule has 4 heterocycles. The molecule has 0 aromatic heterocycles. The zero-order valence-electron chi connectivity index (χ0n) is 19.9. The molecule has 0 radical (unpaired) electrons. The van der Waals surface area contributed by atoms with Crippen molar-refractivity contribution in [1.29, 1.82) is 0 Å². The quantitative estimate of drug-likeness (QED) is 0.317. The van der Waals surface area contributed by atoms with Gasteiger partial charge in [0.2, 0.25) is 5.78 Å². The summed E-state index contributed by atoms with van der Waals surface area (Å²) in [6.45, 7) is 5.28. The summed E-state index contributed by atoms with van der Waals surface area (Å²) in [5, 5.41) is 3.66. The number of rotatable bonds is 4. The van der Waals surface area contributed by atoms with E-state index in [4.69, 9.17) is 9.47 Å². The van der Waals surface area contributed by atoms with Crippen LogP contribution in [0.4, 0.5) is 5.69 Å². The van der Waals surface area contributed by atoms with E-state index in [2.05, 4.69) is 36.5 Å². The number of para-hydroxylation sites is 1. The lowest BCUT2D eigenvalue weighted by molar-refractivity contribution is -0.934. The molecule has 2 fully saturated rings. The molecule has 2 saturated heterocycles. The van der Waals surface area contributed by atoms with E-state index in [9.17, 15) is 9.59 Å². The molecule has 0 saturated carbocycles. The van der Waals surface area contributed by atoms with Gasteiger partial charge >= 0.3 is 0 Å². The number of aldehydes is 1. The normalized spacial score (nSPS) is 32.7. The summed E-state index contributed by atoms with van der Waals surface area (Å²) in [5.41, 5.74) is 6.11. The van der Waals surface area contributed by atoms with Gasteiger partial charge in [-0.3, -0.25) is 9.59 Å². The van der Waals surface area contributed by atoms with Crippen molar-refractivity contribution in [2.75, 3.05) is 38.2 Å². The van der Waals surface area contributed by atoms with Crippen molar-refractivity contribution < 1.29 is 23.5 Å². The Morgan fingerprint density at radius 3 is 2.83 bits per heavy atom. The summed E-state index contributed by atoms with van der Waals surface area (Å²) >= 11 is 0. The second kappa shape index (κ2) is 7.31. The maximum absolute atomic E-state index is 13.8. The van der Waals surface area contributed by atoms with Crippen molar-refractivity contribution in [2.24, 2.45) is 5.92 Å². The molecule has 2 aromatic carbocycles. The Bertz CT molecular complexity index is 1340. The second-order valence-electron chi connectivity index (χ2n) is 10.5. The molecule has 4 atom stereocenters. The third-order valence-corrected chi connectivity index (χ3v) is 9.18. The van der Waals surface area contributed by atoms with Gasteiger partial charge in [0.05, 0.1) is 12.0 Å². The summed E-state index contributed by atoms with van der Waals surface area (Å²) < 4.78 is 12.1. The first kappa shape index (κ1) is 20.9. The number of ketones is 1. The number of hydrogen-bond acceptors (Lipinski definition) is 5. The van der Waals surface area contributed by atoms with Crippen molar-refractivity contribution in [1.82, 2.24) is 0 Å². The Labute approximate surface area is 204 Å². The molecule has 178 valence electrons. The van der Waals surface area contributed by atoms with Crippen LogP contribution in [0.15, 0.2) is 65.4 Å². The van der Waals surface area contributed by atoms with Crippen LogP contribution in [0.2, 0.25) is 0 Å². The lowest BCUT2D eigenvalue weighted by atomic mass is 9.61. The third kappa shape index (κ3) is 2.69. The molecule has 6 nitrogen and oxygen atoms in total. The number of allylic oxidation sites excluding steroid dienone is 2. The van der Waals surface area contributed by atoms with Crippen LogP contribution in [0.25, 0.3) is 0 Å². The first-order valence-corrected chi connectivity index (χ1v) is 12.6. The molecule has 0 amide bonds. The van der Waals surface area contributed by atoms with Gasteiger partial charge in [0.15, 0.2) is 11.5 Å². The predicted molar refractivity (Wildman–Crippen MR) is 132 cm³/mol. The highest BCUT2D eigenvalue weighted by Crippen LogP contribution is 2.63. The Morgan fingerprint density at radius 2 is 2.00 bits per heavy atom. The van der Waals surface area contributed by atoms with Crippen molar-refractivity contribution in [3.05, 3.63) is 76.5 Å². The predicted octanol–water partition coefficient (Wildman–Crippen LogP) is 4.03. The molecule has 6 heteroatoms. The molecule has 7 rings (SSSR count). The van der Waals surface area contributed by atoms with Gasteiger partial charge in [0.1, 0.15) is 38.6 Å². The second-order valence-corrected chi connectivity index (χ2v) is 10.5. The van der Waals surface area contributed by atoms with Crippen molar-refractivity contribution in [3.63, 3.8) is 0 Å². The molecular formula is C29H29N2O4+. The number of Topliss-reactive ketones (excluding diaryl/α,β-unsaturated/α-hetero) is 1. The van der Waals surface area contributed by atoms with Gasteiger partial charge in [0.25, 0.3) is 0 Å². The number of fused-ring (bicyclic) bond motifs is 3. The van der Waals surface area contributed by atoms with Crippen LogP contribution in [0.3, 0.4) is 0 Å². The molecule has 4 aliphatic heterocycles. The zero-order chi connectivity index (χ0) is 23.8. The number of ether oxygens (including phenoxy) is 2. The fourth-order valence-electron chi connectivity index (χ4n) is 7.72. The van der Waals surface area contributed by atoms with Crippen LogP contribution in [0.5, 0.6) is 11.5 Å². The van der Waals surface area contributed by atoms with Gasteiger partial charge in [0, 0.05) is 41.3 Å². The first-order valence-electron chi connectivity index (χ1n) is 12.6. The van der Waals surface area contributed by atoms with E-state index < -0.39 is 0 Å². The minimum atomic E-state index is -0.226. The van der Waals surface area contributed by atoms with Crippen LogP contribution in [-0.2, 0) is 10.2 Å². The Balaban J connectivity index is 1.33. The number of hydrogen-bond donors (Lipinski definition) is 1. The fraction of sp³-hybridized carbons (Fsp3) is 0.379. The lowest BCUT2D eigenvalue weighted by Crippen LogP contribution is -2.64. The maximum atomic E-state index is 13.8. The molecule has 1 aliphatic carbocycles. The molecule has 5 aliphatic rings. The average molecular weight is 470 g/mol. The number of carbonyl (C=O) groups excluding carboxylic acids is 2. The molecule has 1 N–H and O–H groups in total. The van der Waals surface area contributed by atoms with Crippen LogP contribution in [0, 0.1) is 5.92 Å². The fourth-order valence-corrected chi connectivity index (χ4v) is 7.72. The highest BCUT2D eigenvalue weighted by Gasteiger charge is 2.68. The zero-order valence-corrected chi connectivity index (χ0v) is 19.9. The topological polar surface area (TPSA) is 64.6 Å². The molecule has 2 bridgehead atoms. The third-order valence-electron chi connectivity index (χ3n) is 9.18. The van der Waals surface area contributed by atoms with E-state index >= 15 is 0 Å². The van der Waals surface area contributed by atoms with Gasteiger partial charge in [-0.1, -0.05) is 24.3 Å². The number of anilines is 1. The number of piperidine rings is 1. The summed E-state index contributed by atoms with van der Waals surface area (Å²) in [6, 6.07) is 14.3. The summed E-state index contributed by atoms with van der Waals surface area (Å²) in [6.07, 6.45) is 5.10. The maximum Gasteiger partial charge on any atom is 0.217 e. The smallest absolute Gasteiger partial charge is 0.217 e. The average Bonchev–Trinajstić information content (AvgIpc) is 3.42. The van der Waals surface area contributed by atoms with E-state index in [0.29, 0.717) is 36.8 Å². The van der Waals surface area contributed by atoms with Crippen molar-refractivity contribution >= 4 is 17.8 Å². The summed E-state index contributed by atoms with van der Waals surface area (Å²) in [5.74, 6) is 1.62. The Morgan fingerprint density at radius 1 is 1.17 bits per heavy atom. The number of carbonyl (C=O) groups is 2. The van der Waals surface area contributed by atoms with E-state index in [0.717, 1.165) is 53.7 Å². The van der Waals surface area contributed by atoms with Gasteiger partial charge in [-0.25, -0.2) is 0 Å². The van der Waals surface area contributed by atoms with Gasteiger partial charge < -0.3 is 19.3 Å². The summed E-state index contributed by atoms with van der Waals surface area (Å²) in [4.78, 5) is 26.2. The minimum absolute atomic E-state index is 0.126. The van der Waals surface area contributed by atoms with E-state index in [1.165, 1.54) is 11.1 Å². The molecule has 1 spiro atoms. The summed E-state index contributed by atoms with van der Waals surface area (Å²) in [7, 11) is 0. The lowest BCUT2D eigenvalue weighted by Gasteiger charge is -2.53. The van der Waals surface area contributed by atoms with Crippen LogP contribution in [0.1, 0.15) is 35.7 Å². The monoisotopic (exact) mass is 469 g/mol. The molecular weight excluding hydrogens is 440 g/mol. The van der Waals surface area contributed by atoms with Crippen LogP contribution in [-0.4, -0.2) is 55.4 Å². The number of nitrogens with zero attached hydrogens (tertiary/aromatic N) is 1. The van der Waals surface area contributed by atoms with Gasteiger partial charge in [-0.15, -0.1) is 0 Å².